The number of nitrogens with one attached hydrogen (secondary N) is 1. The number of benzene rings is 1. The molecule has 0 amide bonds. The molecule has 1 saturated heterocycles. The Kier molecular flexibility index (Phi) is 4.43. The van der Waals surface area contributed by atoms with Crippen molar-refractivity contribution in [2.24, 2.45) is 5.92 Å². The molecule has 1 aromatic carbocycles. The standard InChI is InChI=1S/C16H22BrFN2/c1-2-14-8-19-16(11-3-4-11)10-20(14)9-12-5-6-13(18)7-15(12)17/h5-7,11,14,16,19H,2-4,8-10H2,1H3. The van der Waals surface area contributed by atoms with Crippen LogP contribution in [-0.4, -0.2) is 30.1 Å². The van der Waals surface area contributed by atoms with Crippen LogP contribution >= 0.6 is 15.9 Å². The first kappa shape index (κ1) is 14.5. The zero-order valence-electron chi connectivity index (χ0n) is 11.9. The fraction of sp³-hybridized carbons (Fsp3) is 0.625. The Morgan fingerprint density at radius 1 is 1.40 bits per heavy atom. The predicted octanol–water partition coefficient (Wildman–Crippen LogP) is 3.55. The van der Waals surface area contributed by atoms with Crippen molar-refractivity contribution in [3.05, 3.63) is 34.1 Å². The van der Waals surface area contributed by atoms with Gasteiger partial charge in [0.25, 0.3) is 0 Å². The lowest BCUT2D eigenvalue weighted by molar-refractivity contribution is 0.111. The lowest BCUT2D eigenvalue weighted by Crippen LogP contribution is -2.56. The van der Waals surface area contributed by atoms with E-state index in [1.165, 1.54) is 18.4 Å². The van der Waals surface area contributed by atoms with Crippen LogP contribution in [0.15, 0.2) is 22.7 Å². The van der Waals surface area contributed by atoms with Gasteiger partial charge in [-0.15, -0.1) is 0 Å². The van der Waals surface area contributed by atoms with Crippen LogP contribution in [0.5, 0.6) is 0 Å². The van der Waals surface area contributed by atoms with Crippen molar-refractivity contribution in [1.82, 2.24) is 10.2 Å². The summed E-state index contributed by atoms with van der Waals surface area (Å²) in [5.41, 5.74) is 1.18. The highest BCUT2D eigenvalue weighted by atomic mass is 79.9. The average Bonchev–Trinajstić information content (AvgIpc) is 3.26. The van der Waals surface area contributed by atoms with E-state index in [9.17, 15) is 4.39 Å². The second-order valence-electron chi connectivity index (χ2n) is 6.08. The van der Waals surface area contributed by atoms with Gasteiger partial charge in [-0.1, -0.05) is 28.9 Å². The van der Waals surface area contributed by atoms with Crippen LogP contribution in [0.1, 0.15) is 31.7 Å². The zero-order valence-corrected chi connectivity index (χ0v) is 13.5. The largest absolute Gasteiger partial charge is 0.311 e. The van der Waals surface area contributed by atoms with E-state index in [-0.39, 0.29) is 5.82 Å². The maximum Gasteiger partial charge on any atom is 0.124 e. The SMILES string of the molecule is CCC1CNC(C2CC2)CN1Cc1ccc(F)cc1Br. The molecule has 3 rings (SSSR count). The maximum absolute atomic E-state index is 13.2. The number of rotatable bonds is 4. The molecule has 0 spiro atoms. The third-order valence-corrected chi connectivity index (χ3v) is 5.35. The van der Waals surface area contributed by atoms with Crippen molar-refractivity contribution in [2.45, 2.75) is 44.8 Å². The average molecular weight is 341 g/mol. The third-order valence-electron chi connectivity index (χ3n) is 4.61. The molecule has 1 saturated carbocycles. The van der Waals surface area contributed by atoms with Gasteiger partial charge in [-0.3, -0.25) is 4.90 Å². The van der Waals surface area contributed by atoms with Gasteiger partial charge in [0.05, 0.1) is 0 Å². The molecule has 0 aromatic heterocycles. The molecule has 110 valence electrons. The van der Waals surface area contributed by atoms with Crippen LogP contribution in [0.4, 0.5) is 4.39 Å². The minimum absolute atomic E-state index is 0.177. The second-order valence-corrected chi connectivity index (χ2v) is 6.93. The highest BCUT2D eigenvalue weighted by Gasteiger charge is 2.36. The monoisotopic (exact) mass is 340 g/mol. The highest BCUT2D eigenvalue weighted by molar-refractivity contribution is 9.10. The summed E-state index contributed by atoms with van der Waals surface area (Å²) in [6.07, 6.45) is 3.91. The van der Waals surface area contributed by atoms with Gasteiger partial charge >= 0.3 is 0 Å². The van der Waals surface area contributed by atoms with E-state index in [1.54, 1.807) is 12.1 Å². The van der Waals surface area contributed by atoms with E-state index < -0.39 is 0 Å². The number of piperazine rings is 1. The number of halogens is 2. The summed E-state index contributed by atoms with van der Waals surface area (Å²) in [7, 11) is 0. The molecule has 1 N–H and O–H groups in total. The van der Waals surface area contributed by atoms with Crippen molar-refractivity contribution in [1.29, 1.82) is 0 Å². The number of nitrogens with zero attached hydrogens (tertiary/aromatic N) is 1. The van der Waals surface area contributed by atoms with Crippen molar-refractivity contribution in [2.75, 3.05) is 13.1 Å². The Balaban J connectivity index is 1.71. The van der Waals surface area contributed by atoms with Gasteiger partial charge in [0.1, 0.15) is 5.82 Å². The van der Waals surface area contributed by atoms with E-state index in [0.29, 0.717) is 12.1 Å². The molecule has 1 aromatic rings. The lowest BCUT2D eigenvalue weighted by Gasteiger charge is -2.40. The molecule has 1 aliphatic heterocycles. The number of hydrogen-bond acceptors (Lipinski definition) is 2. The van der Waals surface area contributed by atoms with Crippen LogP contribution in [0.2, 0.25) is 0 Å². The quantitative estimate of drug-likeness (QED) is 0.901. The molecule has 2 aliphatic rings. The fourth-order valence-corrected chi connectivity index (χ4v) is 3.64. The molecular formula is C16H22BrFN2. The molecule has 2 unspecified atom stereocenters. The predicted molar refractivity (Wildman–Crippen MR) is 83.1 cm³/mol. The number of hydrogen-bond donors (Lipinski definition) is 1. The van der Waals surface area contributed by atoms with E-state index in [2.05, 4.69) is 33.1 Å². The molecule has 1 aliphatic carbocycles. The summed E-state index contributed by atoms with van der Waals surface area (Å²) < 4.78 is 14.1. The van der Waals surface area contributed by atoms with Gasteiger partial charge in [-0.05, 0) is 42.9 Å². The molecule has 1 heterocycles. The van der Waals surface area contributed by atoms with Gasteiger partial charge in [0.15, 0.2) is 0 Å². The Morgan fingerprint density at radius 3 is 2.85 bits per heavy atom. The van der Waals surface area contributed by atoms with Gasteiger partial charge in [-0.2, -0.15) is 0 Å². The summed E-state index contributed by atoms with van der Waals surface area (Å²) in [4.78, 5) is 2.57. The Hall–Kier alpha value is -0.450. The van der Waals surface area contributed by atoms with Gasteiger partial charge < -0.3 is 5.32 Å². The topological polar surface area (TPSA) is 15.3 Å². The maximum atomic E-state index is 13.2. The first-order valence-electron chi connectivity index (χ1n) is 7.58. The minimum atomic E-state index is -0.177. The zero-order chi connectivity index (χ0) is 14.1. The van der Waals surface area contributed by atoms with Crippen molar-refractivity contribution in [3.8, 4) is 0 Å². The van der Waals surface area contributed by atoms with Crippen LogP contribution in [0.25, 0.3) is 0 Å². The highest BCUT2D eigenvalue weighted by Crippen LogP contribution is 2.35. The van der Waals surface area contributed by atoms with Gasteiger partial charge in [0, 0.05) is 36.2 Å². The lowest BCUT2D eigenvalue weighted by atomic mass is 10.0. The van der Waals surface area contributed by atoms with Crippen LogP contribution in [0.3, 0.4) is 0 Å². The van der Waals surface area contributed by atoms with E-state index >= 15 is 0 Å². The van der Waals surface area contributed by atoms with Crippen molar-refractivity contribution < 1.29 is 4.39 Å². The van der Waals surface area contributed by atoms with Gasteiger partial charge in [0.2, 0.25) is 0 Å². The summed E-state index contributed by atoms with van der Waals surface area (Å²) >= 11 is 3.49. The second kappa shape index (κ2) is 6.12. The van der Waals surface area contributed by atoms with E-state index in [4.69, 9.17) is 0 Å². The van der Waals surface area contributed by atoms with Crippen LogP contribution in [-0.2, 0) is 6.54 Å². The molecule has 20 heavy (non-hydrogen) atoms. The molecule has 2 atom stereocenters. The first-order valence-corrected chi connectivity index (χ1v) is 8.38. The molecule has 0 radical (unpaired) electrons. The van der Waals surface area contributed by atoms with Crippen LogP contribution < -0.4 is 5.32 Å². The van der Waals surface area contributed by atoms with Crippen LogP contribution in [0, 0.1) is 11.7 Å². The Bertz CT molecular complexity index is 476. The summed E-state index contributed by atoms with van der Waals surface area (Å²) in [6.45, 7) is 5.35. The third kappa shape index (κ3) is 3.23. The Morgan fingerprint density at radius 2 is 2.20 bits per heavy atom. The summed E-state index contributed by atoms with van der Waals surface area (Å²) in [5, 5.41) is 3.71. The summed E-state index contributed by atoms with van der Waals surface area (Å²) in [5.74, 6) is 0.704. The van der Waals surface area contributed by atoms with E-state index in [1.807, 2.05) is 6.07 Å². The van der Waals surface area contributed by atoms with Crippen molar-refractivity contribution >= 4 is 15.9 Å². The Labute approximate surface area is 128 Å². The van der Waals surface area contributed by atoms with Gasteiger partial charge in [-0.25, -0.2) is 4.39 Å². The molecule has 4 heteroatoms. The normalized spacial score (nSPS) is 27.8. The summed E-state index contributed by atoms with van der Waals surface area (Å²) in [6, 6.07) is 6.26. The minimum Gasteiger partial charge on any atom is -0.311 e. The molecular weight excluding hydrogens is 319 g/mol. The smallest absolute Gasteiger partial charge is 0.124 e. The molecule has 0 bridgehead atoms. The fourth-order valence-electron chi connectivity index (χ4n) is 3.16. The van der Waals surface area contributed by atoms with Crippen molar-refractivity contribution in [3.63, 3.8) is 0 Å². The van der Waals surface area contributed by atoms with E-state index in [0.717, 1.165) is 36.4 Å². The first-order chi connectivity index (χ1) is 9.67. The molecule has 2 nitrogen and oxygen atoms in total. The molecule has 2 fully saturated rings.